The summed E-state index contributed by atoms with van der Waals surface area (Å²) < 4.78 is 5.69. The maximum absolute atomic E-state index is 5.69. The Morgan fingerprint density at radius 3 is 2.65 bits per heavy atom. The van der Waals surface area contributed by atoms with Crippen molar-refractivity contribution in [2.75, 3.05) is 13.7 Å². The first-order valence-electron chi connectivity index (χ1n) is 6.92. The fourth-order valence-corrected chi connectivity index (χ4v) is 2.03. The number of hydrogen-bond donors (Lipinski definition) is 1. The van der Waals surface area contributed by atoms with Crippen LogP contribution in [0.4, 0.5) is 0 Å². The van der Waals surface area contributed by atoms with Crippen molar-refractivity contribution in [2.24, 2.45) is 0 Å². The average molecular weight is 271 g/mol. The molecule has 0 saturated carbocycles. The average Bonchev–Trinajstić information content (AvgIpc) is 2.48. The van der Waals surface area contributed by atoms with Gasteiger partial charge in [0.25, 0.3) is 0 Å². The topological polar surface area (TPSA) is 47.0 Å². The molecule has 1 N–H and O–H groups in total. The van der Waals surface area contributed by atoms with Crippen molar-refractivity contribution in [3.63, 3.8) is 0 Å². The third kappa shape index (κ3) is 4.31. The molecule has 2 rings (SSSR count). The second kappa shape index (κ2) is 7.60. The highest BCUT2D eigenvalue weighted by atomic mass is 16.5. The number of nitrogens with one attached hydrogen (secondary N) is 1. The standard InChI is InChI=1S/C16H21N3O/c1-13-15(12-17-2)5-6-16(19-13)20-11-3-4-14-7-9-18-10-8-14/h5-10,17H,3-4,11-12H2,1-2H3. The van der Waals surface area contributed by atoms with Crippen LogP contribution in [-0.2, 0) is 13.0 Å². The Kier molecular flexibility index (Phi) is 5.50. The van der Waals surface area contributed by atoms with Gasteiger partial charge in [0.15, 0.2) is 0 Å². The van der Waals surface area contributed by atoms with Crippen molar-refractivity contribution in [3.8, 4) is 5.88 Å². The van der Waals surface area contributed by atoms with Crippen molar-refractivity contribution in [1.82, 2.24) is 15.3 Å². The fraction of sp³-hybridized carbons (Fsp3) is 0.375. The van der Waals surface area contributed by atoms with Crippen LogP contribution in [0.5, 0.6) is 5.88 Å². The highest BCUT2D eigenvalue weighted by Gasteiger charge is 2.02. The monoisotopic (exact) mass is 271 g/mol. The molecule has 0 bridgehead atoms. The van der Waals surface area contributed by atoms with Crippen LogP contribution in [0.15, 0.2) is 36.7 Å². The van der Waals surface area contributed by atoms with Crippen LogP contribution in [0.1, 0.15) is 23.2 Å². The summed E-state index contributed by atoms with van der Waals surface area (Å²) in [4.78, 5) is 8.47. The lowest BCUT2D eigenvalue weighted by molar-refractivity contribution is 0.298. The lowest BCUT2D eigenvalue weighted by atomic mass is 10.1. The van der Waals surface area contributed by atoms with Gasteiger partial charge in [-0.15, -0.1) is 0 Å². The van der Waals surface area contributed by atoms with E-state index in [1.165, 1.54) is 11.1 Å². The Balaban J connectivity index is 1.78. The molecule has 4 nitrogen and oxygen atoms in total. The Hall–Kier alpha value is -1.94. The molecular weight excluding hydrogens is 250 g/mol. The van der Waals surface area contributed by atoms with Crippen LogP contribution in [0.2, 0.25) is 0 Å². The van der Waals surface area contributed by atoms with Crippen LogP contribution in [0.25, 0.3) is 0 Å². The largest absolute Gasteiger partial charge is 0.478 e. The van der Waals surface area contributed by atoms with E-state index >= 15 is 0 Å². The predicted molar refractivity (Wildman–Crippen MR) is 79.8 cm³/mol. The first-order valence-corrected chi connectivity index (χ1v) is 6.92. The van der Waals surface area contributed by atoms with Crippen molar-refractivity contribution in [3.05, 3.63) is 53.5 Å². The van der Waals surface area contributed by atoms with E-state index in [1.807, 2.05) is 44.6 Å². The van der Waals surface area contributed by atoms with E-state index in [2.05, 4.69) is 21.4 Å². The summed E-state index contributed by atoms with van der Waals surface area (Å²) >= 11 is 0. The summed E-state index contributed by atoms with van der Waals surface area (Å²) in [5.41, 5.74) is 3.51. The molecular formula is C16H21N3O. The molecule has 0 spiro atoms. The summed E-state index contributed by atoms with van der Waals surface area (Å²) in [6, 6.07) is 8.08. The van der Waals surface area contributed by atoms with E-state index in [1.54, 1.807) is 0 Å². The Bertz CT molecular complexity index is 529. The van der Waals surface area contributed by atoms with E-state index in [0.29, 0.717) is 12.5 Å². The molecule has 4 heteroatoms. The summed E-state index contributed by atoms with van der Waals surface area (Å²) in [5, 5.41) is 3.13. The third-order valence-corrected chi connectivity index (χ3v) is 3.15. The van der Waals surface area contributed by atoms with Gasteiger partial charge >= 0.3 is 0 Å². The highest BCUT2D eigenvalue weighted by molar-refractivity contribution is 5.24. The minimum Gasteiger partial charge on any atom is -0.478 e. The quantitative estimate of drug-likeness (QED) is 0.786. The maximum atomic E-state index is 5.69. The van der Waals surface area contributed by atoms with E-state index in [0.717, 1.165) is 25.1 Å². The third-order valence-electron chi connectivity index (χ3n) is 3.15. The van der Waals surface area contributed by atoms with Crippen molar-refractivity contribution >= 4 is 0 Å². The molecule has 0 aliphatic carbocycles. The molecule has 106 valence electrons. The van der Waals surface area contributed by atoms with Gasteiger partial charge in [-0.1, -0.05) is 6.07 Å². The van der Waals surface area contributed by atoms with Gasteiger partial charge in [0, 0.05) is 30.7 Å². The van der Waals surface area contributed by atoms with Gasteiger partial charge in [-0.25, -0.2) is 4.98 Å². The molecule has 0 atom stereocenters. The smallest absolute Gasteiger partial charge is 0.213 e. The lowest BCUT2D eigenvalue weighted by Crippen LogP contribution is -2.08. The van der Waals surface area contributed by atoms with Crippen molar-refractivity contribution < 1.29 is 4.74 Å². The predicted octanol–water partition coefficient (Wildman–Crippen LogP) is 2.52. The normalized spacial score (nSPS) is 10.5. The molecule has 0 fully saturated rings. The van der Waals surface area contributed by atoms with Crippen molar-refractivity contribution in [2.45, 2.75) is 26.3 Å². The minimum atomic E-state index is 0.681. The zero-order valence-electron chi connectivity index (χ0n) is 12.1. The van der Waals surface area contributed by atoms with Gasteiger partial charge in [-0.2, -0.15) is 0 Å². The number of hydrogen-bond acceptors (Lipinski definition) is 4. The summed E-state index contributed by atoms with van der Waals surface area (Å²) in [7, 11) is 1.93. The summed E-state index contributed by atoms with van der Waals surface area (Å²) in [5.74, 6) is 0.706. The minimum absolute atomic E-state index is 0.681. The Labute approximate surface area is 120 Å². The molecule has 0 radical (unpaired) electrons. The van der Waals surface area contributed by atoms with Crippen LogP contribution in [0.3, 0.4) is 0 Å². The zero-order chi connectivity index (χ0) is 14.2. The van der Waals surface area contributed by atoms with Crippen LogP contribution >= 0.6 is 0 Å². The van der Waals surface area contributed by atoms with Crippen LogP contribution < -0.4 is 10.1 Å². The molecule has 2 aromatic rings. The number of ether oxygens (including phenoxy) is 1. The maximum Gasteiger partial charge on any atom is 0.213 e. The number of aromatic nitrogens is 2. The molecule has 0 unspecified atom stereocenters. The fourth-order valence-electron chi connectivity index (χ4n) is 2.03. The second-order valence-corrected chi connectivity index (χ2v) is 4.73. The number of aryl methyl sites for hydroxylation is 2. The van der Waals surface area contributed by atoms with E-state index in [-0.39, 0.29) is 0 Å². The van der Waals surface area contributed by atoms with Crippen molar-refractivity contribution in [1.29, 1.82) is 0 Å². The lowest BCUT2D eigenvalue weighted by Gasteiger charge is -2.09. The van der Waals surface area contributed by atoms with Gasteiger partial charge in [-0.3, -0.25) is 4.98 Å². The highest BCUT2D eigenvalue weighted by Crippen LogP contribution is 2.13. The van der Waals surface area contributed by atoms with E-state index in [4.69, 9.17) is 4.74 Å². The molecule has 2 aromatic heterocycles. The molecule has 0 amide bonds. The first-order chi connectivity index (χ1) is 9.79. The number of pyridine rings is 2. The number of nitrogens with zero attached hydrogens (tertiary/aromatic N) is 2. The van der Waals surface area contributed by atoms with Gasteiger partial charge < -0.3 is 10.1 Å². The molecule has 0 aromatic carbocycles. The van der Waals surface area contributed by atoms with Crippen LogP contribution in [0, 0.1) is 6.92 Å². The Morgan fingerprint density at radius 1 is 1.15 bits per heavy atom. The Morgan fingerprint density at radius 2 is 1.95 bits per heavy atom. The molecule has 2 heterocycles. The first kappa shape index (κ1) is 14.5. The molecule has 0 aliphatic rings. The van der Waals surface area contributed by atoms with Gasteiger partial charge in [0.2, 0.25) is 5.88 Å². The van der Waals surface area contributed by atoms with Gasteiger partial charge in [-0.05, 0) is 50.1 Å². The second-order valence-electron chi connectivity index (χ2n) is 4.73. The molecule has 0 saturated heterocycles. The molecule has 20 heavy (non-hydrogen) atoms. The summed E-state index contributed by atoms with van der Waals surface area (Å²) in [6.07, 6.45) is 5.62. The van der Waals surface area contributed by atoms with E-state index in [9.17, 15) is 0 Å². The summed E-state index contributed by atoms with van der Waals surface area (Å²) in [6.45, 7) is 3.53. The SMILES string of the molecule is CNCc1ccc(OCCCc2ccncc2)nc1C. The number of rotatable bonds is 7. The van der Waals surface area contributed by atoms with Gasteiger partial charge in [0.05, 0.1) is 6.61 Å². The molecule has 0 aliphatic heterocycles. The zero-order valence-corrected chi connectivity index (χ0v) is 12.1. The van der Waals surface area contributed by atoms with E-state index < -0.39 is 0 Å². The van der Waals surface area contributed by atoms with Crippen LogP contribution in [-0.4, -0.2) is 23.6 Å². The van der Waals surface area contributed by atoms with Gasteiger partial charge in [0.1, 0.15) is 0 Å².